The van der Waals surface area contributed by atoms with Gasteiger partial charge in [-0.15, -0.1) is 0 Å². The second-order valence-corrected chi connectivity index (χ2v) is 7.94. The van der Waals surface area contributed by atoms with Gasteiger partial charge in [0, 0.05) is 5.02 Å². The number of para-hydroxylation sites is 2. The number of hydrogen-bond donors (Lipinski definition) is 0. The van der Waals surface area contributed by atoms with E-state index in [2.05, 4.69) is 0 Å². The molecule has 0 unspecified atom stereocenters. The number of ether oxygens (including phenoxy) is 1. The molecule has 0 aliphatic heterocycles. The second kappa shape index (κ2) is 8.27. The minimum atomic E-state index is -4.21. The van der Waals surface area contributed by atoms with Crippen LogP contribution in [0.1, 0.15) is 6.92 Å². The predicted octanol–water partition coefficient (Wildman–Crippen LogP) is 4.35. The topological polar surface area (TPSA) is 63.7 Å². The smallest absolute Gasteiger partial charge is 0.266 e. The molecule has 134 valence electrons. The summed E-state index contributed by atoms with van der Waals surface area (Å²) in [5.74, 6) is 0.296. The Morgan fingerprint density at radius 1 is 1.16 bits per heavy atom. The van der Waals surface area contributed by atoms with E-state index in [9.17, 15) is 13.2 Å². The van der Waals surface area contributed by atoms with Gasteiger partial charge in [-0.25, -0.2) is 8.42 Å². The van der Waals surface area contributed by atoms with E-state index < -0.39 is 21.8 Å². The summed E-state index contributed by atoms with van der Waals surface area (Å²) in [5, 5.41) is -0.684. The fourth-order valence-electron chi connectivity index (χ4n) is 2.15. The Kier molecular flexibility index (Phi) is 6.57. The first kappa shape index (κ1) is 19.8. The number of carbonyl (C=O) groups is 1. The molecule has 0 fully saturated rings. The zero-order chi connectivity index (χ0) is 18.6. The van der Waals surface area contributed by atoms with Crippen LogP contribution in [0.4, 0.5) is 5.69 Å². The van der Waals surface area contributed by atoms with Gasteiger partial charge in [0.25, 0.3) is 10.0 Å². The highest BCUT2D eigenvalue weighted by Crippen LogP contribution is 2.35. The number of sulfonamides is 1. The van der Waals surface area contributed by atoms with Crippen LogP contribution in [0.2, 0.25) is 10.0 Å². The average molecular weight is 423 g/mol. The van der Waals surface area contributed by atoms with Crippen LogP contribution in [0.3, 0.4) is 0 Å². The van der Waals surface area contributed by atoms with Gasteiger partial charge in [-0.2, -0.15) is 0 Å². The van der Waals surface area contributed by atoms with Crippen LogP contribution >= 0.6 is 34.8 Å². The van der Waals surface area contributed by atoms with Gasteiger partial charge in [-0.1, -0.05) is 35.3 Å². The van der Waals surface area contributed by atoms with Gasteiger partial charge >= 0.3 is 0 Å². The van der Waals surface area contributed by atoms with E-state index in [1.165, 1.54) is 24.3 Å². The molecule has 0 saturated heterocycles. The van der Waals surface area contributed by atoms with Crippen molar-refractivity contribution in [2.75, 3.05) is 17.5 Å². The van der Waals surface area contributed by atoms with Crippen molar-refractivity contribution < 1.29 is 17.9 Å². The van der Waals surface area contributed by atoms with Crippen LogP contribution in [-0.2, 0) is 14.8 Å². The molecule has 0 aliphatic carbocycles. The summed E-state index contributed by atoms with van der Waals surface area (Å²) in [4.78, 5) is 11.3. The third-order valence-corrected chi connectivity index (χ3v) is 5.76. The van der Waals surface area contributed by atoms with E-state index in [1.807, 2.05) is 0 Å². The molecule has 0 N–H and O–H groups in total. The molecule has 2 aromatic rings. The number of nitrogens with zero attached hydrogens (tertiary/aromatic N) is 1. The molecule has 0 aliphatic rings. The Balaban J connectivity index is 2.65. The molecule has 5 nitrogen and oxygen atoms in total. The van der Waals surface area contributed by atoms with Gasteiger partial charge in [0.1, 0.15) is 17.2 Å². The standard InChI is InChI=1S/C16H14Cl3NO4S/c1-2-24-14-6-4-3-5-13(14)20(10-16(19)21)25(22,23)15-9-11(17)7-8-12(15)18/h3-9H,2,10H2,1H3. The molecule has 2 rings (SSSR count). The van der Waals surface area contributed by atoms with Crippen molar-refractivity contribution in [3.63, 3.8) is 0 Å². The average Bonchev–Trinajstić information content (AvgIpc) is 2.55. The van der Waals surface area contributed by atoms with Gasteiger partial charge in [0.15, 0.2) is 0 Å². The Bertz CT molecular complexity index is 887. The van der Waals surface area contributed by atoms with Crippen LogP contribution < -0.4 is 9.04 Å². The zero-order valence-corrected chi connectivity index (χ0v) is 16.2. The molecular weight excluding hydrogens is 409 g/mol. The van der Waals surface area contributed by atoms with E-state index in [1.54, 1.807) is 25.1 Å². The van der Waals surface area contributed by atoms with E-state index in [-0.39, 0.29) is 20.6 Å². The van der Waals surface area contributed by atoms with E-state index >= 15 is 0 Å². The Morgan fingerprint density at radius 3 is 2.48 bits per heavy atom. The van der Waals surface area contributed by atoms with Crippen molar-refractivity contribution in [1.82, 2.24) is 0 Å². The predicted molar refractivity (Wildman–Crippen MR) is 99.5 cm³/mol. The van der Waals surface area contributed by atoms with Crippen molar-refractivity contribution in [1.29, 1.82) is 0 Å². The van der Waals surface area contributed by atoms with E-state index in [0.29, 0.717) is 12.4 Å². The third kappa shape index (κ3) is 4.58. The number of anilines is 1. The van der Waals surface area contributed by atoms with Crippen molar-refractivity contribution in [3.8, 4) is 5.75 Å². The lowest BCUT2D eigenvalue weighted by molar-refractivity contribution is -0.110. The molecule has 0 saturated carbocycles. The summed E-state index contributed by atoms with van der Waals surface area (Å²) in [6, 6.07) is 10.5. The molecule has 0 heterocycles. The monoisotopic (exact) mass is 421 g/mol. The number of hydrogen-bond acceptors (Lipinski definition) is 4. The number of benzene rings is 2. The van der Waals surface area contributed by atoms with Crippen molar-refractivity contribution in [2.24, 2.45) is 0 Å². The van der Waals surface area contributed by atoms with Crippen molar-refractivity contribution in [2.45, 2.75) is 11.8 Å². The first-order chi connectivity index (χ1) is 11.8. The molecule has 2 aromatic carbocycles. The minimum absolute atomic E-state index is 0.0229. The maximum atomic E-state index is 13.1. The Hall–Kier alpha value is -1.47. The Morgan fingerprint density at radius 2 is 1.84 bits per heavy atom. The second-order valence-electron chi connectivity index (χ2n) is 4.84. The summed E-state index contributed by atoms with van der Waals surface area (Å²) in [5.41, 5.74) is 0.175. The molecule has 0 spiro atoms. The number of carbonyl (C=O) groups excluding carboxylic acids is 1. The van der Waals surface area contributed by atoms with Gasteiger partial charge in [-0.05, 0) is 48.9 Å². The summed E-state index contributed by atoms with van der Waals surface area (Å²) in [6.07, 6.45) is 0. The van der Waals surface area contributed by atoms with Crippen LogP contribution in [0, 0.1) is 0 Å². The minimum Gasteiger partial charge on any atom is -0.492 e. The fourth-order valence-corrected chi connectivity index (χ4v) is 4.51. The molecule has 0 amide bonds. The molecule has 0 bridgehead atoms. The highest BCUT2D eigenvalue weighted by atomic mass is 35.5. The van der Waals surface area contributed by atoms with Crippen molar-refractivity contribution in [3.05, 3.63) is 52.5 Å². The van der Waals surface area contributed by atoms with Gasteiger partial charge in [0.05, 0.1) is 17.3 Å². The SMILES string of the molecule is CCOc1ccccc1N(CC(=O)Cl)S(=O)(=O)c1cc(Cl)ccc1Cl. The molecule has 9 heteroatoms. The molecule has 25 heavy (non-hydrogen) atoms. The lowest BCUT2D eigenvalue weighted by atomic mass is 10.3. The van der Waals surface area contributed by atoms with Crippen LogP contribution in [0.25, 0.3) is 0 Å². The maximum absolute atomic E-state index is 13.1. The Labute approximate surface area is 161 Å². The molecule has 0 radical (unpaired) electrons. The first-order valence-corrected chi connectivity index (χ1v) is 9.72. The largest absolute Gasteiger partial charge is 0.492 e. The molecule has 0 aromatic heterocycles. The van der Waals surface area contributed by atoms with Crippen molar-refractivity contribution >= 4 is 55.8 Å². The summed E-state index contributed by atoms with van der Waals surface area (Å²) in [7, 11) is -4.21. The lowest BCUT2D eigenvalue weighted by Gasteiger charge is -2.25. The quantitative estimate of drug-likeness (QED) is 0.622. The number of rotatable bonds is 7. The highest BCUT2D eigenvalue weighted by Gasteiger charge is 2.30. The maximum Gasteiger partial charge on any atom is 0.266 e. The zero-order valence-electron chi connectivity index (χ0n) is 13.1. The van der Waals surface area contributed by atoms with Gasteiger partial charge < -0.3 is 4.74 Å². The van der Waals surface area contributed by atoms with Crippen LogP contribution in [-0.4, -0.2) is 26.8 Å². The number of halogens is 3. The highest BCUT2D eigenvalue weighted by molar-refractivity contribution is 7.93. The van der Waals surface area contributed by atoms with Gasteiger partial charge in [-0.3, -0.25) is 9.10 Å². The molecular formula is C16H14Cl3NO4S. The lowest BCUT2D eigenvalue weighted by Crippen LogP contribution is -2.35. The normalized spacial score (nSPS) is 11.2. The first-order valence-electron chi connectivity index (χ1n) is 7.15. The van der Waals surface area contributed by atoms with E-state index in [4.69, 9.17) is 39.5 Å². The summed E-state index contributed by atoms with van der Waals surface area (Å²) in [6.45, 7) is 1.49. The summed E-state index contributed by atoms with van der Waals surface area (Å²) >= 11 is 17.4. The van der Waals surface area contributed by atoms with Crippen LogP contribution in [0.5, 0.6) is 5.75 Å². The molecule has 0 atom stereocenters. The fraction of sp³-hybridized carbons (Fsp3) is 0.188. The summed E-state index contributed by atoms with van der Waals surface area (Å²) < 4.78 is 32.5. The van der Waals surface area contributed by atoms with E-state index in [0.717, 1.165) is 4.31 Å². The van der Waals surface area contributed by atoms with Gasteiger partial charge in [0.2, 0.25) is 5.24 Å². The third-order valence-electron chi connectivity index (χ3n) is 3.16. The van der Waals surface area contributed by atoms with Crippen LogP contribution in [0.15, 0.2) is 47.4 Å².